The van der Waals surface area contributed by atoms with E-state index in [1.54, 1.807) is 0 Å². The molecule has 0 aromatic carbocycles. The van der Waals surface area contributed by atoms with Crippen LogP contribution in [0.15, 0.2) is 4.52 Å². The van der Waals surface area contributed by atoms with Gasteiger partial charge in [0.15, 0.2) is 0 Å². The van der Waals surface area contributed by atoms with Gasteiger partial charge in [-0.2, -0.15) is 4.98 Å². The van der Waals surface area contributed by atoms with E-state index in [1.807, 2.05) is 0 Å². The van der Waals surface area contributed by atoms with E-state index in [0.717, 1.165) is 44.4 Å². The van der Waals surface area contributed by atoms with E-state index >= 15 is 0 Å². The quantitative estimate of drug-likeness (QED) is 0.919. The van der Waals surface area contributed by atoms with Crippen molar-refractivity contribution in [1.82, 2.24) is 15.5 Å². The van der Waals surface area contributed by atoms with Crippen LogP contribution in [0.5, 0.6) is 0 Å². The average molecular weight is 278 g/mol. The normalized spacial score (nSPS) is 28.1. The summed E-state index contributed by atoms with van der Waals surface area (Å²) >= 11 is 0. The van der Waals surface area contributed by atoms with Gasteiger partial charge in [0, 0.05) is 19.6 Å². The van der Waals surface area contributed by atoms with Crippen molar-refractivity contribution in [3.05, 3.63) is 5.89 Å². The molecule has 20 heavy (non-hydrogen) atoms. The van der Waals surface area contributed by atoms with E-state index < -0.39 is 0 Å². The lowest BCUT2D eigenvalue weighted by Crippen LogP contribution is -2.35. The van der Waals surface area contributed by atoms with E-state index in [0.29, 0.717) is 5.92 Å². The van der Waals surface area contributed by atoms with E-state index in [2.05, 4.69) is 29.2 Å². The molecule has 1 aromatic heterocycles. The fourth-order valence-electron chi connectivity index (χ4n) is 3.45. The second kappa shape index (κ2) is 5.72. The van der Waals surface area contributed by atoms with Crippen molar-refractivity contribution in [3.8, 4) is 0 Å². The van der Waals surface area contributed by atoms with Crippen molar-refractivity contribution >= 4 is 5.95 Å². The molecule has 2 fully saturated rings. The van der Waals surface area contributed by atoms with Crippen LogP contribution in [0.1, 0.15) is 51.8 Å². The Kier molecular flexibility index (Phi) is 3.96. The first-order chi connectivity index (χ1) is 9.72. The predicted octanol–water partition coefficient (Wildman–Crippen LogP) is 2.34. The molecule has 2 aliphatic rings. The number of nitrogens with one attached hydrogen (secondary N) is 1. The van der Waals surface area contributed by atoms with Gasteiger partial charge in [-0.25, -0.2) is 0 Å². The molecule has 3 rings (SSSR count). The molecule has 5 nitrogen and oxygen atoms in total. The molecular formula is C15H26N4O. The molecule has 112 valence electrons. The maximum atomic E-state index is 5.66. The molecule has 3 heterocycles. The summed E-state index contributed by atoms with van der Waals surface area (Å²) in [4.78, 5) is 7.05. The van der Waals surface area contributed by atoms with Crippen molar-refractivity contribution in [2.75, 3.05) is 31.1 Å². The Morgan fingerprint density at radius 3 is 2.55 bits per heavy atom. The highest BCUT2D eigenvalue weighted by Gasteiger charge is 2.43. The van der Waals surface area contributed by atoms with E-state index in [4.69, 9.17) is 9.51 Å². The van der Waals surface area contributed by atoms with E-state index in [1.165, 1.54) is 25.7 Å². The van der Waals surface area contributed by atoms with Gasteiger partial charge in [-0.15, -0.1) is 0 Å². The molecule has 5 heteroatoms. The zero-order valence-electron chi connectivity index (χ0n) is 12.7. The molecule has 0 aliphatic carbocycles. The van der Waals surface area contributed by atoms with Gasteiger partial charge in [-0.3, -0.25) is 0 Å². The number of hydrogen-bond acceptors (Lipinski definition) is 5. The number of hydrogen-bond donors (Lipinski definition) is 1. The Bertz CT molecular complexity index is 429. The monoisotopic (exact) mass is 278 g/mol. The van der Waals surface area contributed by atoms with Crippen LogP contribution in [-0.4, -0.2) is 36.3 Å². The van der Waals surface area contributed by atoms with E-state index in [-0.39, 0.29) is 5.41 Å². The maximum absolute atomic E-state index is 5.66. The van der Waals surface area contributed by atoms with Crippen LogP contribution in [0.4, 0.5) is 5.95 Å². The second-order valence-corrected chi connectivity index (χ2v) is 6.54. The summed E-state index contributed by atoms with van der Waals surface area (Å²) in [5.41, 5.74) is 0.0249. The van der Waals surface area contributed by atoms with Crippen molar-refractivity contribution in [2.45, 2.75) is 51.4 Å². The second-order valence-electron chi connectivity index (χ2n) is 6.54. The van der Waals surface area contributed by atoms with Gasteiger partial charge in [0.05, 0.1) is 5.41 Å². The minimum atomic E-state index is 0.0249. The Morgan fingerprint density at radius 1 is 1.20 bits per heavy atom. The largest absolute Gasteiger partial charge is 0.338 e. The third-order valence-electron chi connectivity index (χ3n) is 5.02. The first-order valence-corrected chi connectivity index (χ1v) is 8.02. The number of rotatable bonds is 3. The number of aromatic nitrogens is 2. The van der Waals surface area contributed by atoms with Crippen molar-refractivity contribution in [2.24, 2.45) is 5.92 Å². The SMILES string of the molecule is CC(C)C1(c2nc(N3CCCCCC3)no2)CCNC1. The third-order valence-corrected chi connectivity index (χ3v) is 5.02. The Morgan fingerprint density at radius 2 is 1.95 bits per heavy atom. The molecule has 0 amide bonds. The Hall–Kier alpha value is -1.10. The van der Waals surface area contributed by atoms with Gasteiger partial charge in [-0.1, -0.05) is 26.7 Å². The number of anilines is 1. The standard InChI is InChI=1S/C15H26N4O/c1-12(2)15(7-8-16-11-15)13-17-14(18-20-13)19-9-5-3-4-6-10-19/h12,16H,3-11H2,1-2H3. The smallest absolute Gasteiger partial charge is 0.266 e. The number of nitrogens with zero attached hydrogens (tertiary/aromatic N) is 3. The summed E-state index contributed by atoms with van der Waals surface area (Å²) in [6, 6.07) is 0. The Labute approximate surface area is 121 Å². The van der Waals surface area contributed by atoms with Crippen LogP contribution in [-0.2, 0) is 5.41 Å². The molecule has 0 spiro atoms. The average Bonchev–Trinajstić information content (AvgIpc) is 3.03. The Balaban J connectivity index is 1.81. The van der Waals surface area contributed by atoms with Gasteiger partial charge in [0.25, 0.3) is 5.95 Å². The molecule has 1 atom stereocenters. The lowest BCUT2D eigenvalue weighted by molar-refractivity contribution is 0.234. The topological polar surface area (TPSA) is 54.2 Å². The predicted molar refractivity (Wildman–Crippen MR) is 79.0 cm³/mol. The third kappa shape index (κ3) is 2.43. The first kappa shape index (κ1) is 13.9. The van der Waals surface area contributed by atoms with Crippen LogP contribution in [0, 0.1) is 5.92 Å². The molecule has 1 N–H and O–H groups in total. The summed E-state index contributed by atoms with van der Waals surface area (Å²) < 4.78 is 5.66. The maximum Gasteiger partial charge on any atom is 0.266 e. The van der Waals surface area contributed by atoms with Crippen molar-refractivity contribution < 1.29 is 4.52 Å². The summed E-state index contributed by atoms with van der Waals surface area (Å²) in [6.45, 7) is 8.62. The lowest BCUT2D eigenvalue weighted by atomic mass is 9.76. The van der Waals surface area contributed by atoms with Gasteiger partial charge < -0.3 is 14.7 Å². The fourth-order valence-corrected chi connectivity index (χ4v) is 3.45. The summed E-state index contributed by atoms with van der Waals surface area (Å²) in [6.07, 6.45) is 6.20. The molecular weight excluding hydrogens is 252 g/mol. The molecule has 0 bridgehead atoms. The van der Waals surface area contributed by atoms with Crippen LogP contribution in [0.25, 0.3) is 0 Å². The molecule has 0 saturated carbocycles. The highest BCUT2D eigenvalue weighted by molar-refractivity contribution is 5.29. The minimum absolute atomic E-state index is 0.0249. The van der Waals surface area contributed by atoms with E-state index in [9.17, 15) is 0 Å². The van der Waals surface area contributed by atoms with Crippen LogP contribution in [0.2, 0.25) is 0 Å². The highest BCUT2D eigenvalue weighted by Crippen LogP contribution is 2.37. The summed E-state index contributed by atoms with van der Waals surface area (Å²) in [5.74, 6) is 2.14. The van der Waals surface area contributed by atoms with Gasteiger partial charge >= 0.3 is 0 Å². The van der Waals surface area contributed by atoms with Gasteiger partial charge in [0.2, 0.25) is 5.89 Å². The highest BCUT2D eigenvalue weighted by atomic mass is 16.5. The van der Waals surface area contributed by atoms with Gasteiger partial charge in [0.1, 0.15) is 0 Å². The lowest BCUT2D eigenvalue weighted by Gasteiger charge is -2.28. The van der Waals surface area contributed by atoms with Crippen LogP contribution < -0.4 is 10.2 Å². The molecule has 0 radical (unpaired) electrons. The first-order valence-electron chi connectivity index (χ1n) is 8.02. The molecule has 1 unspecified atom stereocenters. The summed E-state index contributed by atoms with van der Waals surface area (Å²) in [7, 11) is 0. The zero-order chi connectivity index (χ0) is 14.0. The molecule has 1 aromatic rings. The molecule has 2 aliphatic heterocycles. The zero-order valence-corrected chi connectivity index (χ0v) is 12.7. The van der Waals surface area contributed by atoms with Crippen molar-refractivity contribution in [1.29, 1.82) is 0 Å². The van der Waals surface area contributed by atoms with Crippen molar-refractivity contribution in [3.63, 3.8) is 0 Å². The van der Waals surface area contributed by atoms with Gasteiger partial charge in [-0.05, 0) is 36.9 Å². The van der Waals surface area contributed by atoms with Crippen LogP contribution >= 0.6 is 0 Å². The minimum Gasteiger partial charge on any atom is -0.338 e. The fraction of sp³-hybridized carbons (Fsp3) is 0.867. The molecule has 2 saturated heterocycles. The van der Waals surface area contributed by atoms with Crippen LogP contribution in [0.3, 0.4) is 0 Å². The summed E-state index contributed by atoms with van der Waals surface area (Å²) in [5, 5.41) is 7.72.